The minimum atomic E-state index is -0.128. The molecule has 0 saturated carbocycles. The molecule has 1 fully saturated rings. The number of hydrogen-bond acceptors (Lipinski definition) is 4. The number of aromatic nitrogens is 1. The summed E-state index contributed by atoms with van der Waals surface area (Å²) in [6.07, 6.45) is 4.29. The summed E-state index contributed by atoms with van der Waals surface area (Å²) in [4.78, 5) is 20.1. The third-order valence-corrected chi connectivity index (χ3v) is 5.31. The number of pyridine rings is 1. The molecule has 3 rings (SSSR count). The SMILES string of the molecule is Cc1ccc(CNC(=O)NC[C@H](c2cccs2)N2CCCC2)cn1. The summed E-state index contributed by atoms with van der Waals surface area (Å²) in [6, 6.07) is 8.32. The molecular formula is C18H24N4OS. The van der Waals surface area contributed by atoms with Gasteiger partial charge in [-0.1, -0.05) is 12.1 Å². The summed E-state index contributed by atoms with van der Waals surface area (Å²) < 4.78 is 0. The van der Waals surface area contributed by atoms with Gasteiger partial charge < -0.3 is 10.6 Å². The lowest BCUT2D eigenvalue weighted by molar-refractivity contribution is 0.222. The summed E-state index contributed by atoms with van der Waals surface area (Å²) in [6.45, 7) is 5.31. The van der Waals surface area contributed by atoms with E-state index in [2.05, 4.69) is 38.0 Å². The van der Waals surface area contributed by atoms with Crippen LogP contribution in [-0.4, -0.2) is 35.5 Å². The van der Waals surface area contributed by atoms with E-state index in [0.29, 0.717) is 13.1 Å². The van der Waals surface area contributed by atoms with Gasteiger partial charge >= 0.3 is 6.03 Å². The van der Waals surface area contributed by atoms with E-state index in [-0.39, 0.29) is 12.1 Å². The quantitative estimate of drug-likeness (QED) is 0.847. The van der Waals surface area contributed by atoms with Crippen molar-refractivity contribution in [1.82, 2.24) is 20.5 Å². The van der Waals surface area contributed by atoms with Crippen molar-refractivity contribution < 1.29 is 4.79 Å². The topological polar surface area (TPSA) is 57.3 Å². The molecule has 0 radical (unpaired) electrons. The van der Waals surface area contributed by atoms with Gasteiger partial charge in [-0.2, -0.15) is 0 Å². The first-order chi connectivity index (χ1) is 11.7. The molecule has 3 heterocycles. The molecule has 24 heavy (non-hydrogen) atoms. The second kappa shape index (κ2) is 8.26. The summed E-state index contributed by atoms with van der Waals surface area (Å²) >= 11 is 1.76. The Morgan fingerprint density at radius 2 is 2.12 bits per heavy atom. The number of thiophene rings is 1. The van der Waals surface area contributed by atoms with Crippen LogP contribution >= 0.6 is 11.3 Å². The van der Waals surface area contributed by atoms with Crippen LogP contribution in [0.4, 0.5) is 4.79 Å². The number of hydrogen-bond donors (Lipinski definition) is 2. The van der Waals surface area contributed by atoms with Gasteiger partial charge in [-0.05, 0) is 55.9 Å². The molecule has 2 N–H and O–H groups in total. The normalized spacial score (nSPS) is 16.0. The van der Waals surface area contributed by atoms with E-state index < -0.39 is 0 Å². The van der Waals surface area contributed by atoms with Crippen molar-refractivity contribution in [3.8, 4) is 0 Å². The number of likely N-dealkylation sites (tertiary alicyclic amines) is 1. The fraction of sp³-hybridized carbons (Fsp3) is 0.444. The highest BCUT2D eigenvalue weighted by molar-refractivity contribution is 7.10. The lowest BCUT2D eigenvalue weighted by Crippen LogP contribution is -2.41. The molecular weight excluding hydrogens is 320 g/mol. The van der Waals surface area contributed by atoms with Crippen molar-refractivity contribution in [3.63, 3.8) is 0 Å². The molecule has 1 atom stereocenters. The van der Waals surface area contributed by atoms with Crippen molar-refractivity contribution in [2.75, 3.05) is 19.6 Å². The molecule has 0 spiro atoms. The summed E-state index contributed by atoms with van der Waals surface area (Å²) in [5, 5.41) is 8.03. The Morgan fingerprint density at radius 1 is 1.29 bits per heavy atom. The minimum absolute atomic E-state index is 0.128. The highest BCUT2D eigenvalue weighted by Crippen LogP contribution is 2.27. The lowest BCUT2D eigenvalue weighted by Gasteiger charge is -2.26. The van der Waals surface area contributed by atoms with Crippen LogP contribution in [0.25, 0.3) is 0 Å². The van der Waals surface area contributed by atoms with Gasteiger partial charge in [0.05, 0.1) is 6.04 Å². The second-order valence-corrected chi connectivity index (χ2v) is 7.12. The molecule has 0 aromatic carbocycles. The highest BCUT2D eigenvalue weighted by Gasteiger charge is 2.24. The van der Waals surface area contributed by atoms with Crippen LogP contribution in [0.1, 0.15) is 35.0 Å². The summed E-state index contributed by atoms with van der Waals surface area (Å²) in [7, 11) is 0. The zero-order valence-electron chi connectivity index (χ0n) is 14.0. The van der Waals surface area contributed by atoms with Crippen molar-refractivity contribution in [1.29, 1.82) is 0 Å². The number of rotatable bonds is 6. The Hall–Kier alpha value is -1.92. The van der Waals surface area contributed by atoms with Crippen molar-refractivity contribution in [3.05, 3.63) is 52.0 Å². The molecule has 2 aromatic rings. The maximum Gasteiger partial charge on any atom is 0.315 e. The van der Waals surface area contributed by atoms with Crippen LogP contribution in [0.3, 0.4) is 0 Å². The first-order valence-electron chi connectivity index (χ1n) is 8.43. The molecule has 1 saturated heterocycles. The Bertz CT molecular complexity index is 636. The average Bonchev–Trinajstić information content (AvgIpc) is 3.29. The van der Waals surface area contributed by atoms with Crippen LogP contribution in [-0.2, 0) is 6.54 Å². The zero-order valence-corrected chi connectivity index (χ0v) is 14.8. The molecule has 0 unspecified atom stereocenters. The first kappa shape index (κ1) is 16.9. The molecule has 0 bridgehead atoms. The number of nitrogens with zero attached hydrogens (tertiary/aromatic N) is 2. The van der Waals surface area contributed by atoms with E-state index in [1.165, 1.54) is 17.7 Å². The smallest absolute Gasteiger partial charge is 0.315 e. The molecule has 6 heteroatoms. The molecule has 5 nitrogen and oxygen atoms in total. The van der Waals surface area contributed by atoms with E-state index in [4.69, 9.17) is 0 Å². The highest BCUT2D eigenvalue weighted by atomic mass is 32.1. The largest absolute Gasteiger partial charge is 0.336 e. The van der Waals surface area contributed by atoms with Crippen molar-refractivity contribution in [2.24, 2.45) is 0 Å². The van der Waals surface area contributed by atoms with E-state index in [1.807, 2.05) is 19.1 Å². The number of nitrogens with one attached hydrogen (secondary N) is 2. The molecule has 1 aliphatic rings. The number of carbonyl (C=O) groups excluding carboxylic acids is 1. The predicted molar refractivity (Wildman–Crippen MR) is 97.1 cm³/mol. The average molecular weight is 344 g/mol. The number of amides is 2. The third kappa shape index (κ3) is 4.55. The van der Waals surface area contributed by atoms with Crippen LogP contribution in [0.15, 0.2) is 35.8 Å². The van der Waals surface area contributed by atoms with Gasteiger partial charge in [0.1, 0.15) is 0 Å². The maximum absolute atomic E-state index is 12.1. The second-order valence-electron chi connectivity index (χ2n) is 6.15. The number of carbonyl (C=O) groups is 1. The van der Waals surface area contributed by atoms with Gasteiger partial charge in [0.15, 0.2) is 0 Å². The molecule has 2 amide bonds. The van der Waals surface area contributed by atoms with Crippen molar-refractivity contribution >= 4 is 17.4 Å². The lowest BCUT2D eigenvalue weighted by atomic mass is 10.2. The van der Waals surface area contributed by atoms with Crippen LogP contribution in [0.5, 0.6) is 0 Å². The monoisotopic (exact) mass is 344 g/mol. The van der Waals surface area contributed by atoms with E-state index >= 15 is 0 Å². The minimum Gasteiger partial charge on any atom is -0.336 e. The van der Waals surface area contributed by atoms with Gasteiger partial charge in [0.25, 0.3) is 0 Å². The first-order valence-corrected chi connectivity index (χ1v) is 9.31. The maximum atomic E-state index is 12.1. The van der Waals surface area contributed by atoms with Gasteiger partial charge in [0.2, 0.25) is 0 Å². The molecule has 1 aliphatic heterocycles. The van der Waals surface area contributed by atoms with Crippen LogP contribution < -0.4 is 10.6 Å². The molecule has 2 aromatic heterocycles. The van der Waals surface area contributed by atoms with Crippen molar-refractivity contribution in [2.45, 2.75) is 32.4 Å². The summed E-state index contributed by atoms with van der Waals surface area (Å²) in [5.74, 6) is 0. The van der Waals surface area contributed by atoms with Gasteiger partial charge in [-0.25, -0.2) is 4.79 Å². The Kier molecular flexibility index (Phi) is 5.82. The number of urea groups is 1. The van der Waals surface area contributed by atoms with Gasteiger partial charge in [-0.3, -0.25) is 9.88 Å². The van der Waals surface area contributed by atoms with E-state index in [0.717, 1.165) is 24.3 Å². The third-order valence-electron chi connectivity index (χ3n) is 4.33. The van der Waals surface area contributed by atoms with E-state index in [1.54, 1.807) is 17.5 Å². The zero-order chi connectivity index (χ0) is 16.8. The number of aryl methyl sites for hydroxylation is 1. The van der Waals surface area contributed by atoms with E-state index in [9.17, 15) is 4.79 Å². The van der Waals surface area contributed by atoms with Crippen LogP contribution in [0, 0.1) is 6.92 Å². The van der Waals surface area contributed by atoms with Crippen LogP contribution in [0.2, 0.25) is 0 Å². The fourth-order valence-corrected chi connectivity index (χ4v) is 3.84. The molecule has 128 valence electrons. The molecule has 0 aliphatic carbocycles. The standard InChI is InChI=1S/C18H24N4OS/c1-14-6-7-15(11-19-14)12-20-18(23)21-13-16(17-5-4-10-24-17)22-8-2-3-9-22/h4-7,10-11,16H,2-3,8-9,12-13H2,1H3,(H2,20,21,23)/t16-/m1/s1. The Morgan fingerprint density at radius 3 is 2.79 bits per heavy atom. The van der Waals surface area contributed by atoms with Gasteiger partial charge in [0, 0.05) is 29.9 Å². The Balaban J connectivity index is 1.50. The summed E-state index contributed by atoms with van der Waals surface area (Å²) in [5.41, 5.74) is 1.98. The predicted octanol–water partition coefficient (Wildman–Crippen LogP) is 3.09. The van der Waals surface area contributed by atoms with Gasteiger partial charge in [-0.15, -0.1) is 11.3 Å². The fourth-order valence-electron chi connectivity index (χ4n) is 2.98. The Labute approximate surface area is 147 Å².